The Kier molecular flexibility index (Phi) is 3.84. The van der Waals surface area contributed by atoms with E-state index in [0.29, 0.717) is 12.8 Å². The number of nitrogens with zero attached hydrogens (tertiary/aromatic N) is 1. The fourth-order valence-corrected chi connectivity index (χ4v) is 4.02. The van der Waals surface area contributed by atoms with Crippen molar-refractivity contribution in [2.24, 2.45) is 5.73 Å². The zero-order chi connectivity index (χ0) is 14.1. The van der Waals surface area contributed by atoms with Crippen molar-refractivity contribution in [3.8, 4) is 0 Å². The summed E-state index contributed by atoms with van der Waals surface area (Å²) in [5, 5.41) is -0.627. The average Bonchev–Trinajstić information content (AvgIpc) is 2.78. The van der Waals surface area contributed by atoms with Crippen LogP contribution >= 0.6 is 12.2 Å². The third-order valence-corrected chi connectivity index (χ3v) is 5.10. The number of hydrogen-bond donors (Lipinski definition) is 2. The summed E-state index contributed by atoms with van der Waals surface area (Å²) in [7, 11) is -4.08. The smallest absolute Gasteiger partial charge is 0.261 e. The van der Waals surface area contributed by atoms with E-state index in [4.69, 9.17) is 18.0 Å². The minimum atomic E-state index is -4.08. The van der Waals surface area contributed by atoms with E-state index in [2.05, 4.69) is 9.71 Å². The SMILES string of the molecule is NC(=S)C1(NS(=O)(=O)c2ncccc2F)CCCC1. The Morgan fingerprint density at radius 1 is 1.47 bits per heavy atom. The molecule has 0 bridgehead atoms. The lowest BCUT2D eigenvalue weighted by Gasteiger charge is -2.28. The van der Waals surface area contributed by atoms with Crippen LogP contribution in [0, 0.1) is 5.82 Å². The molecule has 0 spiro atoms. The molecule has 1 saturated carbocycles. The number of rotatable bonds is 4. The van der Waals surface area contributed by atoms with Gasteiger partial charge in [0.1, 0.15) is 0 Å². The third-order valence-electron chi connectivity index (χ3n) is 3.24. The maximum Gasteiger partial charge on any atom is 0.261 e. The summed E-state index contributed by atoms with van der Waals surface area (Å²) in [5.41, 5.74) is 4.69. The number of halogens is 1. The van der Waals surface area contributed by atoms with Gasteiger partial charge >= 0.3 is 0 Å². The van der Waals surface area contributed by atoms with Gasteiger partial charge in [0.2, 0.25) is 5.03 Å². The zero-order valence-electron chi connectivity index (χ0n) is 10.1. The van der Waals surface area contributed by atoms with Gasteiger partial charge in [-0.05, 0) is 25.0 Å². The normalized spacial score (nSPS) is 18.4. The number of nitrogens with two attached hydrogens (primary N) is 1. The first-order chi connectivity index (χ1) is 8.87. The monoisotopic (exact) mass is 303 g/mol. The summed E-state index contributed by atoms with van der Waals surface area (Å²) >= 11 is 4.95. The molecule has 3 N–H and O–H groups in total. The van der Waals surface area contributed by atoms with Gasteiger partial charge in [-0.15, -0.1) is 0 Å². The van der Waals surface area contributed by atoms with E-state index in [9.17, 15) is 12.8 Å². The Morgan fingerprint density at radius 2 is 2.11 bits per heavy atom. The van der Waals surface area contributed by atoms with Gasteiger partial charge in [-0.2, -0.15) is 4.72 Å². The Balaban J connectivity index is 2.36. The number of pyridine rings is 1. The summed E-state index contributed by atoms with van der Waals surface area (Å²) in [4.78, 5) is 3.66. The van der Waals surface area contributed by atoms with Crippen LogP contribution in [0.4, 0.5) is 4.39 Å². The van der Waals surface area contributed by atoms with Gasteiger partial charge < -0.3 is 5.73 Å². The van der Waals surface area contributed by atoms with Crippen molar-refractivity contribution in [1.29, 1.82) is 0 Å². The molecule has 1 aromatic heterocycles. The molecular formula is C11H14FN3O2S2. The van der Waals surface area contributed by atoms with E-state index in [1.807, 2.05) is 0 Å². The van der Waals surface area contributed by atoms with Crippen LogP contribution in [0.25, 0.3) is 0 Å². The second-order valence-corrected chi connectivity index (χ2v) is 6.59. The predicted molar refractivity (Wildman–Crippen MR) is 72.5 cm³/mol. The minimum absolute atomic E-state index is 0.0879. The van der Waals surface area contributed by atoms with Crippen LogP contribution in [-0.2, 0) is 10.0 Å². The fourth-order valence-electron chi connectivity index (χ4n) is 2.25. The lowest BCUT2D eigenvalue weighted by molar-refractivity contribution is 0.492. The maximum absolute atomic E-state index is 13.5. The van der Waals surface area contributed by atoms with Crippen LogP contribution in [0.1, 0.15) is 25.7 Å². The number of hydrogen-bond acceptors (Lipinski definition) is 4. The zero-order valence-corrected chi connectivity index (χ0v) is 11.7. The number of aromatic nitrogens is 1. The number of nitrogens with one attached hydrogen (secondary N) is 1. The van der Waals surface area contributed by atoms with E-state index in [0.717, 1.165) is 18.9 Å². The molecule has 0 saturated heterocycles. The molecular weight excluding hydrogens is 289 g/mol. The minimum Gasteiger partial charge on any atom is -0.392 e. The van der Waals surface area contributed by atoms with Gasteiger partial charge in [0.15, 0.2) is 5.82 Å². The molecule has 2 rings (SSSR count). The van der Waals surface area contributed by atoms with Gasteiger partial charge in [-0.3, -0.25) is 0 Å². The molecule has 1 aliphatic rings. The molecule has 1 aliphatic carbocycles. The van der Waals surface area contributed by atoms with Crippen molar-refractivity contribution in [2.75, 3.05) is 0 Å². The van der Waals surface area contributed by atoms with E-state index in [-0.39, 0.29) is 4.99 Å². The Morgan fingerprint density at radius 3 is 2.63 bits per heavy atom. The molecule has 0 aliphatic heterocycles. The molecule has 0 atom stereocenters. The summed E-state index contributed by atoms with van der Waals surface area (Å²) in [6, 6.07) is 2.37. The van der Waals surface area contributed by atoms with Crippen molar-refractivity contribution in [1.82, 2.24) is 9.71 Å². The van der Waals surface area contributed by atoms with E-state index in [1.54, 1.807) is 0 Å². The van der Waals surface area contributed by atoms with Crippen LogP contribution in [0.3, 0.4) is 0 Å². The van der Waals surface area contributed by atoms with E-state index < -0.39 is 26.4 Å². The first kappa shape index (κ1) is 14.3. The summed E-state index contributed by atoms with van der Waals surface area (Å²) < 4.78 is 40.3. The highest BCUT2D eigenvalue weighted by Gasteiger charge is 2.41. The van der Waals surface area contributed by atoms with E-state index in [1.165, 1.54) is 12.3 Å². The van der Waals surface area contributed by atoms with Crippen molar-refractivity contribution in [3.63, 3.8) is 0 Å². The van der Waals surface area contributed by atoms with Gasteiger partial charge in [0.05, 0.1) is 10.5 Å². The third kappa shape index (κ3) is 2.75. The molecule has 8 heteroatoms. The first-order valence-electron chi connectivity index (χ1n) is 5.82. The molecule has 1 aromatic rings. The lowest BCUT2D eigenvalue weighted by atomic mass is 10.00. The topological polar surface area (TPSA) is 85.1 Å². The first-order valence-corrected chi connectivity index (χ1v) is 7.71. The standard InChI is InChI=1S/C11H14FN3O2S2/c12-8-4-3-7-14-9(8)19(16,17)15-11(10(13)18)5-1-2-6-11/h3-4,7,15H,1-2,5-6H2,(H2,13,18). The Hall–Kier alpha value is -1.12. The largest absolute Gasteiger partial charge is 0.392 e. The Labute approximate surface area is 116 Å². The highest BCUT2D eigenvalue weighted by Crippen LogP contribution is 2.31. The van der Waals surface area contributed by atoms with Crippen molar-refractivity contribution < 1.29 is 12.8 Å². The van der Waals surface area contributed by atoms with Crippen molar-refractivity contribution in [2.45, 2.75) is 36.2 Å². The van der Waals surface area contributed by atoms with Gasteiger partial charge in [0, 0.05) is 6.20 Å². The van der Waals surface area contributed by atoms with Crippen molar-refractivity contribution >= 4 is 27.2 Å². The van der Waals surface area contributed by atoms with Crippen LogP contribution in [0.5, 0.6) is 0 Å². The number of thiocarbonyl (C=S) groups is 1. The number of sulfonamides is 1. The lowest BCUT2D eigenvalue weighted by Crippen LogP contribution is -2.54. The molecule has 19 heavy (non-hydrogen) atoms. The second kappa shape index (κ2) is 5.10. The quantitative estimate of drug-likeness (QED) is 0.814. The maximum atomic E-state index is 13.5. The molecule has 1 fully saturated rings. The summed E-state index contributed by atoms with van der Waals surface area (Å²) in [6.07, 6.45) is 3.92. The van der Waals surface area contributed by atoms with Crippen LogP contribution < -0.4 is 10.5 Å². The van der Waals surface area contributed by atoms with E-state index >= 15 is 0 Å². The predicted octanol–water partition coefficient (Wildman–Crippen LogP) is 1.10. The molecule has 104 valence electrons. The van der Waals surface area contributed by atoms with Crippen LogP contribution in [0.2, 0.25) is 0 Å². The Bertz CT molecular complexity index is 598. The highest BCUT2D eigenvalue weighted by atomic mass is 32.2. The molecule has 0 aromatic carbocycles. The molecule has 0 radical (unpaired) electrons. The molecule has 0 unspecified atom stereocenters. The summed E-state index contributed by atoms with van der Waals surface area (Å²) in [6.45, 7) is 0. The van der Waals surface area contributed by atoms with Crippen LogP contribution in [-0.4, -0.2) is 23.9 Å². The second-order valence-electron chi connectivity index (χ2n) is 4.55. The van der Waals surface area contributed by atoms with Gasteiger partial charge in [-0.1, -0.05) is 25.1 Å². The summed E-state index contributed by atoms with van der Waals surface area (Å²) in [5.74, 6) is -0.897. The van der Waals surface area contributed by atoms with Crippen LogP contribution in [0.15, 0.2) is 23.4 Å². The highest BCUT2D eigenvalue weighted by molar-refractivity contribution is 7.89. The fraction of sp³-hybridized carbons (Fsp3) is 0.455. The molecule has 5 nitrogen and oxygen atoms in total. The van der Waals surface area contributed by atoms with Gasteiger partial charge in [0.25, 0.3) is 10.0 Å². The molecule has 0 amide bonds. The molecule has 1 heterocycles. The average molecular weight is 303 g/mol. The van der Waals surface area contributed by atoms with Crippen molar-refractivity contribution in [3.05, 3.63) is 24.1 Å². The van der Waals surface area contributed by atoms with Gasteiger partial charge in [-0.25, -0.2) is 17.8 Å².